The second-order valence-corrected chi connectivity index (χ2v) is 5.46. The Labute approximate surface area is 131 Å². The zero-order valence-electron chi connectivity index (χ0n) is 13.2. The summed E-state index contributed by atoms with van der Waals surface area (Å²) in [6, 6.07) is 6.41. The van der Waals surface area contributed by atoms with E-state index in [1.807, 2.05) is 6.92 Å². The molecule has 1 saturated heterocycles. The molecule has 0 unspecified atom stereocenters. The van der Waals surface area contributed by atoms with Crippen LogP contribution in [0.4, 0.5) is 10.1 Å². The minimum Gasteiger partial charge on any atom is -0.383 e. The lowest BCUT2D eigenvalue weighted by atomic mass is 10.2. The maximum Gasteiger partial charge on any atom is 0.237 e. The Morgan fingerprint density at radius 3 is 2.50 bits per heavy atom. The molecule has 1 atom stereocenters. The van der Waals surface area contributed by atoms with Crippen LogP contribution in [0.3, 0.4) is 0 Å². The number of benzene rings is 1. The third-order valence-corrected chi connectivity index (χ3v) is 4.04. The van der Waals surface area contributed by atoms with Crippen molar-refractivity contribution in [3.05, 3.63) is 30.1 Å². The van der Waals surface area contributed by atoms with Crippen LogP contribution >= 0.6 is 0 Å². The number of hydrogen-bond acceptors (Lipinski definition) is 4. The topological polar surface area (TPSA) is 44.8 Å². The standard InChI is InChI=1S/C16H24FN3O2/c1-13(16(21)18-7-12-22-2)19-8-10-20(11-9-19)15-5-3-14(17)4-6-15/h3-6,13H,7-12H2,1-2H3,(H,18,21)/t13-/m0/s1. The number of hydrogen-bond donors (Lipinski definition) is 1. The van der Waals surface area contributed by atoms with Crippen molar-refractivity contribution in [3.63, 3.8) is 0 Å². The highest BCUT2D eigenvalue weighted by atomic mass is 19.1. The fraction of sp³-hybridized carbons (Fsp3) is 0.562. The van der Waals surface area contributed by atoms with E-state index in [9.17, 15) is 9.18 Å². The zero-order chi connectivity index (χ0) is 15.9. The van der Waals surface area contributed by atoms with Crippen molar-refractivity contribution < 1.29 is 13.9 Å². The van der Waals surface area contributed by atoms with Gasteiger partial charge in [0.1, 0.15) is 5.82 Å². The average Bonchev–Trinajstić information content (AvgIpc) is 2.55. The highest BCUT2D eigenvalue weighted by Crippen LogP contribution is 2.17. The van der Waals surface area contributed by atoms with E-state index in [0.717, 1.165) is 31.9 Å². The number of piperazine rings is 1. The van der Waals surface area contributed by atoms with Gasteiger partial charge in [0.05, 0.1) is 12.6 Å². The first-order valence-electron chi connectivity index (χ1n) is 7.63. The van der Waals surface area contributed by atoms with E-state index in [-0.39, 0.29) is 17.8 Å². The molecule has 6 heteroatoms. The Morgan fingerprint density at radius 2 is 1.91 bits per heavy atom. The minimum atomic E-state index is -0.219. The van der Waals surface area contributed by atoms with Gasteiger partial charge in [-0.05, 0) is 31.2 Å². The minimum absolute atomic E-state index is 0.0345. The van der Waals surface area contributed by atoms with Crippen molar-refractivity contribution in [1.82, 2.24) is 10.2 Å². The lowest BCUT2D eigenvalue weighted by Crippen LogP contribution is -2.54. The first-order chi connectivity index (χ1) is 10.6. The number of nitrogens with zero attached hydrogens (tertiary/aromatic N) is 2. The molecule has 122 valence electrons. The van der Waals surface area contributed by atoms with Gasteiger partial charge >= 0.3 is 0 Å². The fourth-order valence-electron chi connectivity index (χ4n) is 2.61. The summed E-state index contributed by atoms with van der Waals surface area (Å²) in [5.41, 5.74) is 1.03. The molecule has 1 aromatic rings. The molecule has 0 spiro atoms. The molecule has 1 fully saturated rings. The molecule has 1 heterocycles. The predicted molar refractivity (Wildman–Crippen MR) is 84.5 cm³/mol. The van der Waals surface area contributed by atoms with Crippen LogP contribution in [0.25, 0.3) is 0 Å². The van der Waals surface area contributed by atoms with Crippen LogP contribution in [0.2, 0.25) is 0 Å². The third kappa shape index (κ3) is 4.42. The number of amides is 1. The Kier molecular flexibility index (Phi) is 6.15. The Morgan fingerprint density at radius 1 is 1.27 bits per heavy atom. The maximum absolute atomic E-state index is 13.0. The van der Waals surface area contributed by atoms with E-state index in [0.29, 0.717) is 13.2 Å². The summed E-state index contributed by atoms with van der Waals surface area (Å²) in [5.74, 6) is -0.184. The zero-order valence-corrected chi connectivity index (χ0v) is 13.2. The summed E-state index contributed by atoms with van der Waals surface area (Å²) < 4.78 is 17.9. The molecule has 1 aliphatic heterocycles. The number of ether oxygens (including phenoxy) is 1. The van der Waals surface area contributed by atoms with Crippen molar-refractivity contribution in [2.45, 2.75) is 13.0 Å². The maximum atomic E-state index is 13.0. The summed E-state index contributed by atoms with van der Waals surface area (Å²) in [6.45, 7) is 6.29. The highest BCUT2D eigenvalue weighted by molar-refractivity contribution is 5.81. The number of nitrogens with one attached hydrogen (secondary N) is 1. The largest absolute Gasteiger partial charge is 0.383 e. The molecular formula is C16H24FN3O2. The Hall–Kier alpha value is -1.66. The Bertz CT molecular complexity index is 473. The second-order valence-electron chi connectivity index (χ2n) is 5.46. The molecule has 22 heavy (non-hydrogen) atoms. The molecule has 0 saturated carbocycles. The summed E-state index contributed by atoms with van der Waals surface area (Å²) in [7, 11) is 1.62. The number of carbonyl (C=O) groups is 1. The predicted octanol–water partition coefficient (Wildman–Crippen LogP) is 1.10. The van der Waals surface area contributed by atoms with E-state index in [2.05, 4.69) is 15.1 Å². The van der Waals surface area contributed by atoms with Gasteiger partial charge in [-0.2, -0.15) is 0 Å². The van der Waals surface area contributed by atoms with Gasteiger partial charge < -0.3 is 15.0 Å². The van der Waals surface area contributed by atoms with Crippen molar-refractivity contribution in [3.8, 4) is 0 Å². The van der Waals surface area contributed by atoms with Gasteiger partial charge in [-0.15, -0.1) is 0 Å². The van der Waals surface area contributed by atoms with Crippen LogP contribution in [0.5, 0.6) is 0 Å². The van der Waals surface area contributed by atoms with Gasteiger partial charge in [0, 0.05) is 45.5 Å². The monoisotopic (exact) mass is 309 g/mol. The molecule has 0 aliphatic carbocycles. The van der Waals surface area contributed by atoms with E-state index < -0.39 is 0 Å². The summed E-state index contributed by atoms with van der Waals surface area (Å²) in [4.78, 5) is 16.4. The lowest BCUT2D eigenvalue weighted by molar-refractivity contribution is -0.126. The van der Waals surface area contributed by atoms with Crippen LogP contribution in [-0.2, 0) is 9.53 Å². The van der Waals surface area contributed by atoms with Crippen molar-refractivity contribution >= 4 is 11.6 Å². The van der Waals surface area contributed by atoms with Gasteiger partial charge in [0.2, 0.25) is 5.91 Å². The van der Waals surface area contributed by atoms with Gasteiger partial charge in [-0.3, -0.25) is 9.69 Å². The smallest absolute Gasteiger partial charge is 0.237 e. The van der Waals surface area contributed by atoms with E-state index in [1.165, 1.54) is 12.1 Å². The van der Waals surface area contributed by atoms with E-state index >= 15 is 0 Å². The van der Waals surface area contributed by atoms with E-state index in [1.54, 1.807) is 19.2 Å². The molecule has 0 bridgehead atoms. The van der Waals surface area contributed by atoms with Gasteiger partial charge in [-0.1, -0.05) is 0 Å². The van der Waals surface area contributed by atoms with Gasteiger partial charge in [0.25, 0.3) is 0 Å². The van der Waals surface area contributed by atoms with Crippen LogP contribution in [0.15, 0.2) is 24.3 Å². The van der Waals surface area contributed by atoms with Crippen molar-refractivity contribution in [2.24, 2.45) is 0 Å². The number of anilines is 1. The molecular weight excluding hydrogens is 285 g/mol. The number of carbonyl (C=O) groups excluding carboxylic acids is 1. The second kappa shape index (κ2) is 8.10. The highest BCUT2D eigenvalue weighted by Gasteiger charge is 2.25. The first kappa shape index (κ1) is 16.7. The summed E-state index contributed by atoms with van der Waals surface area (Å²) >= 11 is 0. The molecule has 0 aromatic heterocycles. The van der Waals surface area contributed by atoms with Crippen LogP contribution in [-0.4, -0.2) is 63.3 Å². The normalized spacial score (nSPS) is 17.3. The third-order valence-electron chi connectivity index (χ3n) is 4.04. The Balaban J connectivity index is 1.81. The quantitative estimate of drug-likeness (QED) is 0.799. The fourth-order valence-corrected chi connectivity index (χ4v) is 2.61. The van der Waals surface area contributed by atoms with Crippen molar-refractivity contribution in [2.75, 3.05) is 51.3 Å². The molecule has 1 N–H and O–H groups in total. The number of rotatable bonds is 6. The molecule has 5 nitrogen and oxygen atoms in total. The molecule has 1 amide bonds. The first-order valence-corrected chi connectivity index (χ1v) is 7.63. The summed E-state index contributed by atoms with van der Waals surface area (Å²) in [6.07, 6.45) is 0. The summed E-state index contributed by atoms with van der Waals surface area (Å²) in [5, 5.41) is 2.87. The van der Waals surface area contributed by atoms with Gasteiger partial charge in [-0.25, -0.2) is 4.39 Å². The average molecular weight is 309 g/mol. The lowest BCUT2D eigenvalue weighted by Gasteiger charge is -2.38. The van der Waals surface area contributed by atoms with E-state index in [4.69, 9.17) is 4.74 Å². The van der Waals surface area contributed by atoms with Gasteiger partial charge in [0.15, 0.2) is 0 Å². The molecule has 2 rings (SSSR count). The molecule has 1 aliphatic rings. The van der Waals surface area contributed by atoms with Crippen LogP contribution in [0, 0.1) is 5.82 Å². The van der Waals surface area contributed by atoms with Crippen molar-refractivity contribution in [1.29, 1.82) is 0 Å². The molecule has 1 aromatic carbocycles. The van der Waals surface area contributed by atoms with Crippen LogP contribution < -0.4 is 10.2 Å². The number of methoxy groups -OCH3 is 1. The van der Waals surface area contributed by atoms with Crippen LogP contribution in [0.1, 0.15) is 6.92 Å². The SMILES string of the molecule is COCCNC(=O)[C@H](C)N1CCN(c2ccc(F)cc2)CC1. The molecule has 0 radical (unpaired) electrons. The number of halogens is 1.